The number of methoxy groups -OCH3 is 2. The van der Waals surface area contributed by atoms with E-state index in [1.54, 1.807) is 31.3 Å². The van der Waals surface area contributed by atoms with Gasteiger partial charge in [0.25, 0.3) is 0 Å². The van der Waals surface area contributed by atoms with Crippen molar-refractivity contribution < 1.29 is 28.1 Å². The van der Waals surface area contributed by atoms with Crippen LogP contribution in [0.15, 0.2) is 103 Å². The van der Waals surface area contributed by atoms with Crippen LogP contribution in [0.25, 0.3) is 34.3 Å². The molecule has 0 radical (unpaired) electrons. The average Bonchev–Trinajstić information content (AvgIpc) is 3.61. The van der Waals surface area contributed by atoms with Gasteiger partial charge in [-0.15, -0.1) is 0 Å². The van der Waals surface area contributed by atoms with Crippen LogP contribution in [0.4, 0.5) is 15.0 Å². The number of halogens is 1. The number of nitrogens with one attached hydrogen (secondary N) is 1. The zero-order valence-corrected chi connectivity index (χ0v) is 32.3. The molecule has 56 heavy (non-hydrogen) atoms. The van der Waals surface area contributed by atoms with Crippen LogP contribution < -0.4 is 19.5 Å². The summed E-state index contributed by atoms with van der Waals surface area (Å²) in [7, 11) is 3.26. The second kappa shape index (κ2) is 16.6. The molecule has 1 saturated heterocycles. The second-order valence-corrected chi connectivity index (χ2v) is 14.7. The van der Waals surface area contributed by atoms with E-state index in [2.05, 4.69) is 5.32 Å². The summed E-state index contributed by atoms with van der Waals surface area (Å²) in [6.07, 6.45) is 6.97. The largest absolute Gasteiger partial charge is 0.497 e. The fourth-order valence-electron chi connectivity index (χ4n) is 6.81. The number of ether oxygens (including phenoxy) is 4. The van der Waals surface area contributed by atoms with Gasteiger partial charge in [-0.3, -0.25) is 4.68 Å². The van der Waals surface area contributed by atoms with Crippen molar-refractivity contribution in [2.24, 2.45) is 0 Å². The first-order chi connectivity index (χ1) is 27.1. The van der Waals surface area contributed by atoms with Crippen molar-refractivity contribution in [1.29, 1.82) is 0 Å². The molecule has 1 atom stereocenters. The van der Waals surface area contributed by atoms with E-state index in [9.17, 15) is 9.18 Å². The lowest BCUT2D eigenvalue weighted by atomic mass is 10.0. The molecule has 2 aromatic heterocycles. The minimum absolute atomic E-state index is 0.164. The Labute approximate surface area is 326 Å². The molecule has 1 unspecified atom stereocenters. The zero-order valence-electron chi connectivity index (χ0n) is 32.3. The van der Waals surface area contributed by atoms with Crippen molar-refractivity contribution in [3.8, 4) is 34.3 Å². The van der Waals surface area contributed by atoms with Crippen molar-refractivity contribution in [3.05, 3.63) is 126 Å². The van der Waals surface area contributed by atoms with Gasteiger partial charge < -0.3 is 29.2 Å². The number of fused-ring (bicyclic) bond motifs is 1. The number of anilines is 1. The topological polar surface area (TPSA) is 100.0 Å². The summed E-state index contributed by atoms with van der Waals surface area (Å²) in [4.78, 5) is 20.1. The maximum absolute atomic E-state index is 13.8. The highest BCUT2D eigenvalue weighted by Gasteiger charge is 2.31. The Bertz CT molecular complexity index is 2320. The number of para-hydroxylation sites is 1. The Morgan fingerprint density at radius 1 is 0.911 bits per heavy atom. The van der Waals surface area contributed by atoms with E-state index in [4.69, 9.17) is 29.0 Å². The first-order valence-electron chi connectivity index (χ1n) is 18.7. The Balaban J connectivity index is 1.36. The molecule has 288 valence electrons. The lowest BCUT2D eigenvalue weighted by molar-refractivity contribution is 0.0169. The fourth-order valence-corrected chi connectivity index (χ4v) is 6.81. The number of hydrogen-bond acceptors (Lipinski definition) is 8. The third-order valence-electron chi connectivity index (χ3n) is 9.52. The second-order valence-electron chi connectivity index (χ2n) is 14.7. The summed E-state index contributed by atoms with van der Waals surface area (Å²) in [6, 6.07) is 29.4. The van der Waals surface area contributed by atoms with Crippen LogP contribution >= 0.6 is 0 Å². The maximum Gasteiger partial charge on any atom is 0.410 e. The average molecular weight is 756 g/mol. The molecule has 6 aromatic rings. The smallest absolute Gasteiger partial charge is 0.410 e. The predicted molar refractivity (Wildman–Crippen MR) is 218 cm³/mol. The summed E-state index contributed by atoms with van der Waals surface area (Å²) in [5.74, 6) is 3.13. The Morgan fingerprint density at radius 2 is 1.64 bits per heavy atom. The van der Waals surface area contributed by atoms with Crippen molar-refractivity contribution >= 4 is 35.0 Å². The molecule has 4 aromatic carbocycles. The van der Waals surface area contributed by atoms with Gasteiger partial charge in [-0.25, -0.2) is 14.2 Å². The van der Waals surface area contributed by atoms with Gasteiger partial charge in [-0.1, -0.05) is 42.5 Å². The van der Waals surface area contributed by atoms with Crippen molar-refractivity contribution in [1.82, 2.24) is 19.7 Å². The highest BCUT2D eigenvalue weighted by Crippen LogP contribution is 2.39. The molecule has 0 spiro atoms. The van der Waals surface area contributed by atoms with E-state index in [-0.39, 0.29) is 18.0 Å². The van der Waals surface area contributed by atoms with Crippen LogP contribution in [-0.2, 0) is 11.3 Å². The number of benzene rings is 4. The molecular formula is C45H46FN5O5. The van der Waals surface area contributed by atoms with E-state index < -0.39 is 5.60 Å². The van der Waals surface area contributed by atoms with Gasteiger partial charge in [-0.05, 0) is 99.8 Å². The van der Waals surface area contributed by atoms with Gasteiger partial charge in [0.1, 0.15) is 45.9 Å². The Kier molecular flexibility index (Phi) is 11.2. The summed E-state index contributed by atoms with van der Waals surface area (Å²) < 4.78 is 38.9. The minimum atomic E-state index is -0.622. The van der Waals surface area contributed by atoms with Crippen molar-refractivity contribution in [2.75, 3.05) is 32.6 Å². The lowest BCUT2D eigenvalue weighted by Crippen LogP contribution is -2.43. The van der Waals surface area contributed by atoms with E-state index >= 15 is 0 Å². The van der Waals surface area contributed by atoms with Crippen LogP contribution in [0.3, 0.4) is 0 Å². The van der Waals surface area contributed by atoms with Gasteiger partial charge in [0.2, 0.25) is 0 Å². The van der Waals surface area contributed by atoms with Gasteiger partial charge in [-0.2, -0.15) is 5.10 Å². The number of aromatic nitrogens is 3. The molecule has 1 aliphatic heterocycles. The van der Waals surface area contributed by atoms with Crippen LogP contribution in [-0.4, -0.2) is 58.7 Å². The highest BCUT2D eigenvalue weighted by molar-refractivity contribution is 6.05. The number of amides is 1. The van der Waals surface area contributed by atoms with Gasteiger partial charge in [0.05, 0.1) is 31.2 Å². The van der Waals surface area contributed by atoms with Crippen molar-refractivity contribution in [2.45, 2.75) is 51.8 Å². The molecule has 1 N–H and O–H groups in total. The molecule has 0 saturated carbocycles. The van der Waals surface area contributed by atoms with Crippen LogP contribution in [0.5, 0.6) is 23.0 Å². The molecule has 1 amide bonds. The summed E-state index contributed by atoms with van der Waals surface area (Å²) >= 11 is 0. The number of carbonyl (C=O) groups is 1. The number of hydrogen-bond donors (Lipinski definition) is 1. The monoisotopic (exact) mass is 755 g/mol. The van der Waals surface area contributed by atoms with Gasteiger partial charge in [0.15, 0.2) is 0 Å². The minimum Gasteiger partial charge on any atom is -0.497 e. The molecule has 10 nitrogen and oxygen atoms in total. The van der Waals surface area contributed by atoms with Crippen LogP contribution in [0.1, 0.15) is 56.3 Å². The quantitative estimate of drug-likeness (QED) is 0.140. The third-order valence-corrected chi connectivity index (χ3v) is 9.52. The summed E-state index contributed by atoms with van der Waals surface area (Å²) in [5, 5.41) is 9.75. The van der Waals surface area contributed by atoms with E-state index in [0.717, 1.165) is 57.4 Å². The summed E-state index contributed by atoms with van der Waals surface area (Å²) in [6.45, 7) is 7.04. The first-order valence-corrected chi connectivity index (χ1v) is 18.7. The molecule has 3 heterocycles. The van der Waals surface area contributed by atoms with Crippen LogP contribution in [0, 0.1) is 5.82 Å². The molecular weight excluding hydrogens is 710 g/mol. The number of nitrogens with zero attached hydrogens (tertiary/aromatic N) is 4. The van der Waals surface area contributed by atoms with Gasteiger partial charge in [0, 0.05) is 48.6 Å². The molecule has 0 aliphatic carbocycles. The number of rotatable bonds is 11. The zero-order chi connectivity index (χ0) is 39.2. The fraction of sp³-hybridized carbons (Fsp3) is 0.267. The van der Waals surface area contributed by atoms with Crippen molar-refractivity contribution in [3.63, 3.8) is 0 Å². The predicted octanol–water partition coefficient (Wildman–Crippen LogP) is 10.4. The molecule has 0 bridgehead atoms. The molecule has 7 rings (SSSR count). The van der Waals surface area contributed by atoms with E-state index in [1.165, 1.54) is 12.1 Å². The lowest BCUT2D eigenvalue weighted by Gasteiger charge is -2.34. The summed E-state index contributed by atoms with van der Waals surface area (Å²) in [5.41, 5.74) is 4.37. The van der Waals surface area contributed by atoms with Gasteiger partial charge >= 0.3 is 6.09 Å². The van der Waals surface area contributed by atoms with Crippen LogP contribution in [0.2, 0.25) is 0 Å². The Hall–Kier alpha value is -6.36. The third kappa shape index (κ3) is 8.78. The molecule has 1 fully saturated rings. The standard InChI is InChI=1S/C45H46FN5O5/c1-45(2,3)56-44(52)50-25-9-10-35(29-50)51-42-33(16-13-30-14-20-34(46)21-15-30)28-48-43(47-27-32-19-24-38(53-4)26-39(32)54-5)40(42)41(49-51)31-17-22-37(23-18-31)55-36-11-7-6-8-12-36/h6-8,11-24,26,28,35H,9-10,25,27,29H2,1-5H3,(H,47,48)/b16-13+. The Morgan fingerprint density at radius 3 is 2.36 bits per heavy atom. The number of carbonyl (C=O) groups excluding carboxylic acids is 1. The number of likely N-dealkylation sites (tertiary alicyclic amines) is 1. The maximum atomic E-state index is 13.8. The molecule has 11 heteroatoms. The van der Waals surface area contributed by atoms with E-state index in [1.807, 2.05) is 117 Å². The van der Waals surface area contributed by atoms with E-state index in [0.29, 0.717) is 42.7 Å². The highest BCUT2D eigenvalue weighted by atomic mass is 19.1. The number of pyridine rings is 1. The first kappa shape index (κ1) is 37.9. The SMILES string of the molecule is COc1ccc(CNc2ncc(/C=C/c3ccc(F)cc3)c3c2c(-c2ccc(Oc4ccccc4)cc2)nn3C2CCCN(C(=O)OC(C)(C)C)C2)c(OC)c1. The normalized spacial score (nSPS) is 14.5. The molecule has 1 aliphatic rings. The number of piperidine rings is 1.